The molecule has 0 saturated carbocycles. The average Bonchev–Trinajstić information content (AvgIpc) is 2.48. The zero-order chi connectivity index (χ0) is 17.0. The highest BCUT2D eigenvalue weighted by atomic mass is 79.9. The molecule has 2 aromatic carbocycles. The number of rotatable bonds is 2. The molecule has 2 aromatic rings. The Morgan fingerprint density at radius 3 is 1.96 bits per heavy atom. The number of carbonyl (C=O) groups excluding carboxylic acids is 1. The quantitative estimate of drug-likeness (QED) is 0.709. The molecule has 0 unspecified atom stereocenters. The minimum Gasteiger partial charge on any atom is -0.443 e. The van der Waals surface area contributed by atoms with E-state index < -0.39 is 11.7 Å². The fourth-order valence-corrected chi connectivity index (χ4v) is 2.21. The predicted molar refractivity (Wildman–Crippen MR) is 93.7 cm³/mol. The molecule has 0 radical (unpaired) electrons. The van der Waals surface area contributed by atoms with E-state index in [4.69, 9.17) is 10.00 Å². The van der Waals surface area contributed by atoms with Gasteiger partial charge in [0.25, 0.3) is 0 Å². The summed E-state index contributed by atoms with van der Waals surface area (Å²) in [6.07, 6.45) is -0.468. The Balaban J connectivity index is 2.43. The van der Waals surface area contributed by atoms with Gasteiger partial charge in [-0.25, -0.2) is 9.69 Å². The first-order valence-corrected chi connectivity index (χ1v) is 7.88. The summed E-state index contributed by atoms with van der Waals surface area (Å²) in [6.45, 7) is 5.47. The second kappa shape index (κ2) is 6.84. The molecule has 0 heterocycles. The molecule has 0 aromatic heterocycles. The fraction of sp³-hybridized carbons (Fsp3) is 0.222. The molecule has 0 aliphatic rings. The van der Waals surface area contributed by atoms with Crippen LogP contribution >= 0.6 is 15.9 Å². The Bertz CT molecular complexity index is 726. The summed E-state index contributed by atoms with van der Waals surface area (Å²) in [6, 6.07) is 16.2. The van der Waals surface area contributed by atoms with Gasteiger partial charge in [0.15, 0.2) is 0 Å². The predicted octanol–water partition coefficient (Wildman–Crippen LogP) is 5.39. The first-order chi connectivity index (χ1) is 10.8. The molecule has 4 nitrogen and oxygen atoms in total. The average molecular weight is 373 g/mol. The monoisotopic (exact) mass is 372 g/mol. The van der Waals surface area contributed by atoms with E-state index in [9.17, 15) is 4.79 Å². The van der Waals surface area contributed by atoms with Crippen molar-refractivity contribution in [2.75, 3.05) is 4.90 Å². The molecule has 0 saturated heterocycles. The Labute approximate surface area is 144 Å². The van der Waals surface area contributed by atoms with E-state index in [0.717, 1.165) is 4.47 Å². The highest BCUT2D eigenvalue weighted by Gasteiger charge is 2.24. The molecule has 1 amide bonds. The standard InChI is InChI=1S/C18H17BrN2O2/c1-18(2,3)23-17(22)21(16-10-6-14(19)7-11-16)15-8-4-13(12-20)5-9-15/h4-11H,1-3H3. The lowest BCUT2D eigenvalue weighted by atomic mass is 10.2. The van der Waals surface area contributed by atoms with E-state index >= 15 is 0 Å². The van der Waals surface area contributed by atoms with Crippen LogP contribution in [0.1, 0.15) is 26.3 Å². The van der Waals surface area contributed by atoms with Crippen molar-refractivity contribution >= 4 is 33.4 Å². The first-order valence-electron chi connectivity index (χ1n) is 7.09. The second-order valence-corrected chi connectivity index (χ2v) is 6.87. The van der Waals surface area contributed by atoms with Crippen molar-refractivity contribution in [3.05, 3.63) is 58.6 Å². The lowest BCUT2D eigenvalue weighted by molar-refractivity contribution is 0.0599. The third-order valence-electron chi connectivity index (χ3n) is 2.92. The van der Waals surface area contributed by atoms with Crippen molar-refractivity contribution in [1.29, 1.82) is 5.26 Å². The lowest BCUT2D eigenvalue weighted by Gasteiger charge is -2.27. The third kappa shape index (κ3) is 4.57. The summed E-state index contributed by atoms with van der Waals surface area (Å²) in [5.74, 6) is 0. The molecule has 0 fully saturated rings. The molecule has 0 atom stereocenters. The van der Waals surface area contributed by atoms with E-state index in [1.165, 1.54) is 4.90 Å². The number of nitrogens with zero attached hydrogens (tertiary/aromatic N) is 2. The van der Waals surface area contributed by atoms with Gasteiger partial charge >= 0.3 is 6.09 Å². The smallest absolute Gasteiger partial charge is 0.419 e. The van der Waals surface area contributed by atoms with E-state index in [-0.39, 0.29) is 0 Å². The summed E-state index contributed by atoms with van der Waals surface area (Å²) >= 11 is 3.38. The minimum absolute atomic E-state index is 0.468. The van der Waals surface area contributed by atoms with Gasteiger partial charge in [-0.05, 0) is 69.3 Å². The molecular weight excluding hydrogens is 356 g/mol. The summed E-state index contributed by atoms with van der Waals surface area (Å²) in [5.41, 5.74) is 1.26. The van der Waals surface area contributed by atoms with E-state index in [2.05, 4.69) is 22.0 Å². The second-order valence-electron chi connectivity index (χ2n) is 5.95. The molecule has 0 spiro atoms. The Morgan fingerprint density at radius 2 is 1.52 bits per heavy atom. The molecule has 0 aliphatic carbocycles. The van der Waals surface area contributed by atoms with Gasteiger partial charge in [-0.1, -0.05) is 15.9 Å². The van der Waals surface area contributed by atoms with Crippen LogP contribution in [-0.4, -0.2) is 11.7 Å². The minimum atomic E-state index is -0.600. The fourth-order valence-electron chi connectivity index (χ4n) is 1.94. The Morgan fingerprint density at radius 1 is 1.04 bits per heavy atom. The van der Waals surface area contributed by atoms with Crippen molar-refractivity contribution in [2.24, 2.45) is 0 Å². The maximum Gasteiger partial charge on any atom is 0.419 e. The topological polar surface area (TPSA) is 53.3 Å². The maximum atomic E-state index is 12.6. The number of hydrogen-bond acceptors (Lipinski definition) is 3. The summed E-state index contributed by atoms with van der Waals surface area (Å²) < 4.78 is 6.43. The number of hydrogen-bond donors (Lipinski definition) is 0. The van der Waals surface area contributed by atoms with Gasteiger partial charge in [0.2, 0.25) is 0 Å². The SMILES string of the molecule is CC(C)(C)OC(=O)N(c1ccc(Br)cc1)c1ccc(C#N)cc1. The molecule has 0 N–H and O–H groups in total. The lowest BCUT2D eigenvalue weighted by Crippen LogP contribution is -2.33. The molecular formula is C18H17BrN2O2. The number of ether oxygens (including phenoxy) is 1. The van der Waals surface area contributed by atoms with Gasteiger partial charge < -0.3 is 4.74 Å². The van der Waals surface area contributed by atoms with Crippen LogP contribution in [0.4, 0.5) is 16.2 Å². The van der Waals surface area contributed by atoms with Crippen molar-refractivity contribution in [3.63, 3.8) is 0 Å². The van der Waals surface area contributed by atoms with Crippen LogP contribution < -0.4 is 4.90 Å². The van der Waals surface area contributed by atoms with Gasteiger partial charge in [-0.3, -0.25) is 0 Å². The summed E-state index contributed by atoms with van der Waals surface area (Å²) in [5, 5.41) is 8.92. The number of carbonyl (C=O) groups is 1. The highest BCUT2D eigenvalue weighted by molar-refractivity contribution is 9.10. The van der Waals surface area contributed by atoms with Crippen LogP contribution in [0.2, 0.25) is 0 Å². The molecule has 2 rings (SSSR count). The molecule has 118 valence electrons. The van der Waals surface area contributed by atoms with Crippen molar-refractivity contribution in [1.82, 2.24) is 0 Å². The molecule has 23 heavy (non-hydrogen) atoms. The zero-order valence-corrected chi connectivity index (χ0v) is 14.8. The van der Waals surface area contributed by atoms with Gasteiger partial charge in [0.1, 0.15) is 5.60 Å². The number of benzene rings is 2. The van der Waals surface area contributed by atoms with Gasteiger partial charge in [0, 0.05) is 4.47 Å². The molecule has 5 heteroatoms. The molecule has 0 aliphatic heterocycles. The van der Waals surface area contributed by atoms with Gasteiger partial charge in [-0.15, -0.1) is 0 Å². The number of nitriles is 1. The van der Waals surface area contributed by atoms with Crippen LogP contribution in [0.5, 0.6) is 0 Å². The first kappa shape index (κ1) is 17.0. The maximum absolute atomic E-state index is 12.6. The normalized spacial score (nSPS) is 10.7. The van der Waals surface area contributed by atoms with Crippen LogP contribution in [0.3, 0.4) is 0 Å². The van der Waals surface area contributed by atoms with Crippen LogP contribution in [-0.2, 0) is 4.74 Å². The van der Waals surface area contributed by atoms with Crippen molar-refractivity contribution in [3.8, 4) is 6.07 Å². The number of amides is 1. The van der Waals surface area contributed by atoms with Crippen LogP contribution in [0.15, 0.2) is 53.0 Å². The van der Waals surface area contributed by atoms with E-state index in [0.29, 0.717) is 16.9 Å². The summed E-state index contributed by atoms with van der Waals surface area (Å²) in [7, 11) is 0. The highest BCUT2D eigenvalue weighted by Crippen LogP contribution is 2.29. The van der Waals surface area contributed by atoms with Gasteiger partial charge in [0.05, 0.1) is 23.0 Å². The van der Waals surface area contributed by atoms with E-state index in [1.54, 1.807) is 24.3 Å². The zero-order valence-electron chi connectivity index (χ0n) is 13.2. The Hall–Kier alpha value is -2.32. The van der Waals surface area contributed by atoms with Crippen molar-refractivity contribution < 1.29 is 9.53 Å². The number of halogens is 1. The van der Waals surface area contributed by atoms with Gasteiger partial charge in [-0.2, -0.15) is 5.26 Å². The molecule has 0 bridgehead atoms. The third-order valence-corrected chi connectivity index (χ3v) is 3.44. The summed E-state index contributed by atoms with van der Waals surface area (Å²) in [4.78, 5) is 14.1. The van der Waals surface area contributed by atoms with E-state index in [1.807, 2.05) is 45.0 Å². The van der Waals surface area contributed by atoms with Crippen LogP contribution in [0.25, 0.3) is 0 Å². The van der Waals surface area contributed by atoms with Crippen molar-refractivity contribution in [2.45, 2.75) is 26.4 Å². The van der Waals surface area contributed by atoms with Crippen LogP contribution in [0, 0.1) is 11.3 Å². The largest absolute Gasteiger partial charge is 0.443 e. The number of anilines is 2. The Kier molecular flexibility index (Phi) is 5.07.